The highest BCUT2D eigenvalue weighted by Crippen LogP contribution is 2.35. The Bertz CT molecular complexity index is 882. The number of rotatable bonds is 7. The van der Waals surface area contributed by atoms with Gasteiger partial charge in [-0.05, 0) is 17.7 Å². The molecule has 0 spiro atoms. The number of nitrogens with zero attached hydrogens (tertiary/aromatic N) is 2. The zero-order chi connectivity index (χ0) is 22.3. The number of ether oxygens (including phenoxy) is 1. The summed E-state index contributed by atoms with van der Waals surface area (Å²) in [5.41, 5.74) is 0.104. The summed E-state index contributed by atoms with van der Waals surface area (Å²) in [4.78, 5) is 27.9. The first kappa shape index (κ1) is 22.6. The van der Waals surface area contributed by atoms with Gasteiger partial charge in [0.2, 0.25) is 5.91 Å². The third-order valence-electron chi connectivity index (χ3n) is 4.97. The lowest BCUT2D eigenvalue weighted by molar-refractivity contribution is -0.141. The van der Waals surface area contributed by atoms with Crippen molar-refractivity contribution in [2.45, 2.75) is 12.7 Å². The van der Waals surface area contributed by atoms with Crippen molar-refractivity contribution < 1.29 is 27.5 Å². The number of hydrogen-bond donors (Lipinski definition) is 1. The van der Waals surface area contributed by atoms with Crippen LogP contribution in [0.4, 0.5) is 13.2 Å². The lowest BCUT2D eigenvalue weighted by Crippen LogP contribution is -2.52. The molecule has 1 heterocycles. The number of para-hydroxylation sites is 1. The van der Waals surface area contributed by atoms with E-state index in [9.17, 15) is 22.8 Å². The minimum absolute atomic E-state index is 0.101. The maximum absolute atomic E-state index is 13.0. The van der Waals surface area contributed by atoms with Crippen LogP contribution in [0.25, 0.3) is 0 Å². The van der Waals surface area contributed by atoms with Crippen LogP contribution >= 0.6 is 0 Å². The van der Waals surface area contributed by atoms with Crippen molar-refractivity contribution in [1.29, 1.82) is 0 Å². The molecule has 9 heteroatoms. The summed E-state index contributed by atoms with van der Waals surface area (Å²) in [7, 11) is 0. The summed E-state index contributed by atoms with van der Waals surface area (Å²) in [6.07, 6.45) is -4.55. The Morgan fingerprint density at radius 2 is 1.58 bits per heavy atom. The molecule has 0 aromatic heterocycles. The van der Waals surface area contributed by atoms with E-state index in [-0.39, 0.29) is 24.1 Å². The van der Waals surface area contributed by atoms with Crippen LogP contribution in [0.1, 0.15) is 11.1 Å². The Morgan fingerprint density at radius 1 is 0.935 bits per heavy atom. The highest BCUT2D eigenvalue weighted by atomic mass is 19.4. The topological polar surface area (TPSA) is 61.9 Å². The molecule has 2 aromatic carbocycles. The average molecular weight is 435 g/mol. The molecule has 31 heavy (non-hydrogen) atoms. The Labute approximate surface area is 178 Å². The molecule has 1 fully saturated rings. The second kappa shape index (κ2) is 10.3. The van der Waals surface area contributed by atoms with E-state index in [4.69, 9.17) is 4.74 Å². The van der Waals surface area contributed by atoms with Gasteiger partial charge in [0.05, 0.1) is 12.1 Å². The fraction of sp³-hybridized carbons (Fsp3) is 0.364. The first-order chi connectivity index (χ1) is 14.8. The van der Waals surface area contributed by atoms with E-state index in [0.717, 1.165) is 11.6 Å². The Balaban J connectivity index is 1.40. The Kier molecular flexibility index (Phi) is 7.51. The molecule has 1 N–H and O–H groups in total. The van der Waals surface area contributed by atoms with Crippen LogP contribution in [0.2, 0.25) is 0 Å². The Morgan fingerprint density at radius 3 is 2.26 bits per heavy atom. The third kappa shape index (κ3) is 6.71. The van der Waals surface area contributed by atoms with Crippen molar-refractivity contribution >= 4 is 11.8 Å². The van der Waals surface area contributed by atoms with E-state index in [1.807, 2.05) is 35.2 Å². The van der Waals surface area contributed by atoms with Gasteiger partial charge in [-0.25, -0.2) is 0 Å². The van der Waals surface area contributed by atoms with Gasteiger partial charge in [0, 0.05) is 32.7 Å². The highest BCUT2D eigenvalue weighted by Gasteiger charge is 2.34. The molecule has 0 atom stereocenters. The van der Waals surface area contributed by atoms with Crippen molar-refractivity contribution in [1.82, 2.24) is 15.1 Å². The fourth-order valence-electron chi connectivity index (χ4n) is 3.27. The molecule has 0 saturated carbocycles. The van der Waals surface area contributed by atoms with E-state index in [1.54, 1.807) is 0 Å². The minimum Gasteiger partial charge on any atom is -0.483 e. The van der Waals surface area contributed by atoms with Gasteiger partial charge in [-0.1, -0.05) is 42.5 Å². The van der Waals surface area contributed by atoms with Crippen LogP contribution in [0.5, 0.6) is 5.75 Å². The summed E-state index contributed by atoms with van der Waals surface area (Å²) < 4.78 is 44.2. The molecular formula is C22H24F3N3O3. The zero-order valence-corrected chi connectivity index (χ0v) is 16.9. The van der Waals surface area contributed by atoms with Gasteiger partial charge < -0.3 is 15.0 Å². The maximum Gasteiger partial charge on any atom is 0.419 e. The largest absolute Gasteiger partial charge is 0.483 e. The van der Waals surface area contributed by atoms with Crippen LogP contribution in [-0.4, -0.2) is 60.9 Å². The normalized spacial score (nSPS) is 14.9. The van der Waals surface area contributed by atoms with Gasteiger partial charge in [0.25, 0.3) is 5.91 Å². The van der Waals surface area contributed by atoms with Crippen molar-refractivity contribution in [2.24, 2.45) is 0 Å². The number of hydrogen-bond acceptors (Lipinski definition) is 4. The van der Waals surface area contributed by atoms with Crippen LogP contribution in [0.15, 0.2) is 54.6 Å². The first-order valence-corrected chi connectivity index (χ1v) is 9.92. The van der Waals surface area contributed by atoms with Crippen LogP contribution in [0.3, 0.4) is 0 Å². The molecule has 1 aliphatic rings. The SMILES string of the molecule is O=C(CN1CCN(C(=O)COc2ccccc2C(F)(F)F)CC1)NCc1ccccc1. The van der Waals surface area contributed by atoms with Gasteiger partial charge >= 0.3 is 6.18 Å². The third-order valence-corrected chi connectivity index (χ3v) is 4.97. The number of halogens is 3. The summed E-state index contributed by atoms with van der Waals surface area (Å²) in [5.74, 6) is -0.849. The summed E-state index contributed by atoms with van der Waals surface area (Å²) >= 11 is 0. The molecule has 2 amide bonds. The molecule has 6 nitrogen and oxygen atoms in total. The van der Waals surface area contributed by atoms with E-state index < -0.39 is 18.3 Å². The van der Waals surface area contributed by atoms with Gasteiger partial charge in [-0.15, -0.1) is 0 Å². The molecule has 166 valence electrons. The predicted molar refractivity (Wildman–Crippen MR) is 108 cm³/mol. The van der Waals surface area contributed by atoms with Crippen LogP contribution in [-0.2, 0) is 22.3 Å². The number of alkyl halides is 3. The Hall–Kier alpha value is -3.07. The lowest BCUT2D eigenvalue weighted by Gasteiger charge is -2.34. The van der Waals surface area contributed by atoms with E-state index in [2.05, 4.69) is 5.32 Å². The standard InChI is InChI=1S/C22H24F3N3O3/c23-22(24,25)18-8-4-5-9-19(18)31-16-21(30)28-12-10-27(11-13-28)15-20(29)26-14-17-6-2-1-3-7-17/h1-9H,10-16H2,(H,26,29). The molecule has 0 radical (unpaired) electrons. The quantitative estimate of drug-likeness (QED) is 0.726. The van der Waals surface area contributed by atoms with E-state index in [0.29, 0.717) is 32.7 Å². The minimum atomic E-state index is -4.55. The molecule has 2 aromatic rings. The van der Waals surface area contributed by atoms with Crippen LogP contribution < -0.4 is 10.1 Å². The van der Waals surface area contributed by atoms with E-state index >= 15 is 0 Å². The van der Waals surface area contributed by atoms with Gasteiger partial charge in [-0.2, -0.15) is 13.2 Å². The average Bonchev–Trinajstić information content (AvgIpc) is 2.77. The number of carbonyl (C=O) groups excluding carboxylic acids is 2. The van der Waals surface area contributed by atoms with Crippen LogP contribution in [0, 0.1) is 0 Å². The van der Waals surface area contributed by atoms with Crippen molar-refractivity contribution in [3.05, 3.63) is 65.7 Å². The number of carbonyl (C=O) groups is 2. The second-order valence-electron chi connectivity index (χ2n) is 7.20. The predicted octanol–water partition coefficient (Wildman–Crippen LogP) is 2.54. The molecular weight excluding hydrogens is 411 g/mol. The molecule has 3 rings (SSSR count). The van der Waals surface area contributed by atoms with Gasteiger partial charge in [0.15, 0.2) is 6.61 Å². The maximum atomic E-state index is 13.0. The molecule has 0 unspecified atom stereocenters. The number of piperazine rings is 1. The second-order valence-corrected chi connectivity index (χ2v) is 7.20. The fourth-order valence-corrected chi connectivity index (χ4v) is 3.27. The highest BCUT2D eigenvalue weighted by molar-refractivity contribution is 5.79. The number of nitrogens with one attached hydrogen (secondary N) is 1. The monoisotopic (exact) mass is 435 g/mol. The zero-order valence-electron chi connectivity index (χ0n) is 16.9. The number of amides is 2. The van der Waals surface area contributed by atoms with Gasteiger partial charge in [0.1, 0.15) is 5.75 Å². The summed E-state index contributed by atoms with van der Waals surface area (Å²) in [6, 6.07) is 14.4. The molecule has 0 bridgehead atoms. The molecule has 1 saturated heterocycles. The van der Waals surface area contributed by atoms with Crippen molar-refractivity contribution in [3.8, 4) is 5.75 Å². The lowest BCUT2D eigenvalue weighted by atomic mass is 10.2. The number of benzene rings is 2. The van der Waals surface area contributed by atoms with Crippen molar-refractivity contribution in [2.75, 3.05) is 39.3 Å². The van der Waals surface area contributed by atoms with Gasteiger partial charge in [-0.3, -0.25) is 14.5 Å². The smallest absolute Gasteiger partial charge is 0.419 e. The first-order valence-electron chi connectivity index (χ1n) is 9.92. The van der Waals surface area contributed by atoms with Crippen molar-refractivity contribution in [3.63, 3.8) is 0 Å². The molecule has 1 aliphatic heterocycles. The van der Waals surface area contributed by atoms with E-state index in [1.165, 1.54) is 23.1 Å². The summed E-state index contributed by atoms with van der Waals surface area (Å²) in [5, 5.41) is 2.86. The summed E-state index contributed by atoms with van der Waals surface area (Å²) in [6.45, 7) is 1.99. The molecule has 0 aliphatic carbocycles.